The van der Waals surface area contributed by atoms with E-state index in [0.717, 1.165) is 0 Å². The SMILES string of the molecule is CC1SC(=O)N(C)C1c1ccccc1. The highest BCUT2D eigenvalue weighted by Gasteiger charge is 2.36. The van der Waals surface area contributed by atoms with Crippen molar-refractivity contribution < 1.29 is 4.79 Å². The van der Waals surface area contributed by atoms with Gasteiger partial charge in [0, 0.05) is 12.3 Å². The fraction of sp³-hybridized carbons (Fsp3) is 0.364. The molecule has 74 valence electrons. The van der Waals surface area contributed by atoms with Crippen LogP contribution in [0.4, 0.5) is 4.79 Å². The van der Waals surface area contributed by atoms with Gasteiger partial charge in [0.05, 0.1) is 6.04 Å². The van der Waals surface area contributed by atoms with Gasteiger partial charge in [-0.05, 0) is 5.56 Å². The van der Waals surface area contributed by atoms with Crippen LogP contribution >= 0.6 is 11.8 Å². The highest BCUT2D eigenvalue weighted by molar-refractivity contribution is 8.14. The fourth-order valence-corrected chi connectivity index (χ4v) is 2.95. The Morgan fingerprint density at radius 1 is 1.29 bits per heavy atom. The van der Waals surface area contributed by atoms with Crippen molar-refractivity contribution in [1.29, 1.82) is 0 Å². The third kappa shape index (κ3) is 1.52. The van der Waals surface area contributed by atoms with Crippen LogP contribution in [0.15, 0.2) is 30.3 Å². The van der Waals surface area contributed by atoms with Crippen molar-refractivity contribution in [2.45, 2.75) is 18.2 Å². The molecule has 2 unspecified atom stereocenters. The summed E-state index contributed by atoms with van der Waals surface area (Å²) >= 11 is 1.42. The van der Waals surface area contributed by atoms with E-state index in [9.17, 15) is 4.79 Å². The van der Waals surface area contributed by atoms with Gasteiger partial charge in [-0.2, -0.15) is 0 Å². The molecule has 1 aromatic rings. The molecule has 2 nitrogen and oxygen atoms in total. The van der Waals surface area contributed by atoms with Gasteiger partial charge in [0.1, 0.15) is 0 Å². The van der Waals surface area contributed by atoms with E-state index >= 15 is 0 Å². The molecule has 2 rings (SSSR count). The zero-order valence-corrected chi connectivity index (χ0v) is 9.12. The van der Waals surface area contributed by atoms with E-state index in [4.69, 9.17) is 0 Å². The van der Waals surface area contributed by atoms with Crippen LogP contribution in [0, 0.1) is 0 Å². The van der Waals surface area contributed by atoms with Gasteiger partial charge in [-0.1, -0.05) is 49.0 Å². The molecule has 1 amide bonds. The lowest BCUT2D eigenvalue weighted by Gasteiger charge is -2.21. The van der Waals surface area contributed by atoms with Crippen molar-refractivity contribution in [3.63, 3.8) is 0 Å². The molecule has 1 aromatic carbocycles. The highest BCUT2D eigenvalue weighted by Crippen LogP contribution is 2.39. The number of benzene rings is 1. The van der Waals surface area contributed by atoms with Crippen molar-refractivity contribution >= 4 is 17.0 Å². The largest absolute Gasteiger partial charge is 0.328 e. The molecule has 1 aliphatic heterocycles. The third-order valence-electron chi connectivity index (χ3n) is 2.58. The van der Waals surface area contributed by atoms with Crippen LogP contribution in [0.3, 0.4) is 0 Å². The molecule has 0 N–H and O–H groups in total. The molecule has 0 saturated carbocycles. The topological polar surface area (TPSA) is 20.3 Å². The number of rotatable bonds is 1. The van der Waals surface area contributed by atoms with Gasteiger partial charge in [-0.25, -0.2) is 0 Å². The Hall–Kier alpha value is -0.960. The summed E-state index contributed by atoms with van der Waals surface area (Å²) in [5, 5.41) is 0.515. The van der Waals surface area contributed by atoms with Crippen LogP contribution in [0.5, 0.6) is 0 Å². The van der Waals surface area contributed by atoms with E-state index < -0.39 is 0 Å². The van der Waals surface area contributed by atoms with Crippen LogP contribution in [0.25, 0.3) is 0 Å². The van der Waals surface area contributed by atoms with Crippen LogP contribution in [0.1, 0.15) is 18.5 Å². The summed E-state index contributed by atoms with van der Waals surface area (Å²) in [5.74, 6) is 0. The van der Waals surface area contributed by atoms with Crippen molar-refractivity contribution in [2.24, 2.45) is 0 Å². The summed E-state index contributed by atoms with van der Waals surface area (Å²) in [6, 6.07) is 10.4. The first-order chi connectivity index (χ1) is 6.70. The molecule has 1 fully saturated rings. The lowest BCUT2D eigenvalue weighted by Crippen LogP contribution is -2.24. The number of carbonyl (C=O) groups excluding carboxylic acids is 1. The Labute approximate surface area is 88.3 Å². The molecule has 0 bridgehead atoms. The fourth-order valence-electron chi connectivity index (χ4n) is 1.88. The highest BCUT2D eigenvalue weighted by atomic mass is 32.2. The average molecular weight is 207 g/mol. The molecule has 0 radical (unpaired) electrons. The summed E-state index contributed by atoms with van der Waals surface area (Å²) in [7, 11) is 1.87. The van der Waals surface area contributed by atoms with E-state index in [2.05, 4.69) is 19.1 Å². The molecule has 0 spiro atoms. The average Bonchev–Trinajstić information content (AvgIpc) is 2.43. The van der Waals surface area contributed by atoms with Gasteiger partial charge in [0.25, 0.3) is 5.24 Å². The van der Waals surface area contributed by atoms with E-state index in [1.54, 1.807) is 0 Å². The smallest absolute Gasteiger partial charge is 0.282 e. The number of hydrogen-bond acceptors (Lipinski definition) is 2. The maximum Gasteiger partial charge on any atom is 0.282 e. The zero-order chi connectivity index (χ0) is 10.1. The standard InChI is InChI=1S/C11H13NOS/c1-8-10(12(2)11(13)14-8)9-6-4-3-5-7-9/h3-8,10H,1-2H3. The molecule has 1 heterocycles. The summed E-state index contributed by atoms with van der Waals surface area (Å²) in [6.45, 7) is 2.10. The van der Waals surface area contributed by atoms with Gasteiger partial charge in [0.15, 0.2) is 0 Å². The number of thioether (sulfide) groups is 1. The summed E-state index contributed by atoms with van der Waals surface area (Å²) < 4.78 is 0. The number of nitrogens with zero attached hydrogens (tertiary/aromatic N) is 1. The molecule has 1 saturated heterocycles. The molecule has 0 aliphatic carbocycles. The van der Waals surface area contributed by atoms with Gasteiger partial charge in [-0.3, -0.25) is 4.79 Å². The Kier molecular flexibility index (Phi) is 2.50. The van der Waals surface area contributed by atoms with Crippen LogP contribution in [-0.2, 0) is 0 Å². The quantitative estimate of drug-likeness (QED) is 0.705. The maximum atomic E-state index is 11.5. The van der Waals surface area contributed by atoms with Crippen molar-refractivity contribution in [1.82, 2.24) is 4.90 Å². The van der Waals surface area contributed by atoms with E-state index in [0.29, 0.717) is 5.25 Å². The van der Waals surface area contributed by atoms with Gasteiger partial charge in [-0.15, -0.1) is 0 Å². The lowest BCUT2D eigenvalue weighted by molar-refractivity contribution is 0.222. The molecular weight excluding hydrogens is 194 g/mol. The summed E-state index contributed by atoms with van der Waals surface area (Å²) in [4.78, 5) is 13.3. The molecule has 0 aromatic heterocycles. The maximum absolute atomic E-state index is 11.5. The zero-order valence-electron chi connectivity index (χ0n) is 8.31. The van der Waals surface area contributed by atoms with Crippen molar-refractivity contribution in [3.8, 4) is 0 Å². The Morgan fingerprint density at radius 3 is 2.43 bits per heavy atom. The van der Waals surface area contributed by atoms with Crippen LogP contribution in [0.2, 0.25) is 0 Å². The Morgan fingerprint density at radius 2 is 1.93 bits per heavy atom. The third-order valence-corrected chi connectivity index (χ3v) is 3.70. The predicted molar refractivity (Wildman–Crippen MR) is 59.4 cm³/mol. The summed E-state index contributed by atoms with van der Waals surface area (Å²) in [5.41, 5.74) is 1.22. The normalized spacial score (nSPS) is 27.0. The molecular formula is C11H13NOS. The van der Waals surface area contributed by atoms with E-state index in [1.165, 1.54) is 17.3 Å². The van der Waals surface area contributed by atoms with Crippen molar-refractivity contribution in [3.05, 3.63) is 35.9 Å². The second-order valence-corrected chi connectivity index (χ2v) is 4.88. The number of hydrogen-bond donors (Lipinski definition) is 0. The first-order valence-electron chi connectivity index (χ1n) is 4.68. The molecule has 2 atom stereocenters. The van der Waals surface area contributed by atoms with Gasteiger partial charge >= 0.3 is 0 Å². The number of carbonyl (C=O) groups is 1. The van der Waals surface area contributed by atoms with Gasteiger partial charge < -0.3 is 4.90 Å². The first kappa shape index (κ1) is 9.59. The lowest BCUT2D eigenvalue weighted by atomic mass is 10.0. The second kappa shape index (κ2) is 3.65. The Bertz CT molecular complexity index is 338. The predicted octanol–water partition coefficient (Wildman–Crippen LogP) is 2.91. The van der Waals surface area contributed by atoms with Crippen LogP contribution in [-0.4, -0.2) is 22.4 Å². The molecule has 1 aliphatic rings. The van der Waals surface area contributed by atoms with Gasteiger partial charge in [0.2, 0.25) is 0 Å². The van der Waals surface area contributed by atoms with E-state index in [-0.39, 0.29) is 11.3 Å². The number of amides is 1. The first-order valence-corrected chi connectivity index (χ1v) is 5.56. The minimum absolute atomic E-state index is 0.173. The molecule has 14 heavy (non-hydrogen) atoms. The minimum Gasteiger partial charge on any atom is -0.328 e. The van der Waals surface area contributed by atoms with Crippen molar-refractivity contribution in [2.75, 3.05) is 7.05 Å². The molecule has 3 heteroatoms. The van der Waals surface area contributed by atoms with E-state index in [1.807, 2.05) is 30.1 Å². The summed E-state index contributed by atoms with van der Waals surface area (Å²) in [6.07, 6.45) is 0. The Balaban J connectivity index is 2.31. The monoisotopic (exact) mass is 207 g/mol. The second-order valence-electron chi connectivity index (χ2n) is 3.56. The minimum atomic E-state index is 0.173. The van der Waals surface area contributed by atoms with Crippen LogP contribution < -0.4 is 0 Å².